The smallest absolute Gasteiger partial charge is 0.338 e. The Kier molecular flexibility index (Phi) is 5.63. The molecule has 2 aromatic rings. The van der Waals surface area contributed by atoms with E-state index >= 15 is 0 Å². The molecule has 2 heterocycles. The van der Waals surface area contributed by atoms with Crippen LogP contribution < -0.4 is 16.3 Å². The van der Waals surface area contributed by atoms with Crippen LogP contribution in [0.5, 0.6) is 0 Å². The van der Waals surface area contributed by atoms with Gasteiger partial charge in [0.1, 0.15) is 5.54 Å². The first-order valence-electron chi connectivity index (χ1n) is 8.95. The van der Waals surface area contributed by atoms with E-state index in [-0.39, 0.29) is 12.1 Å². The van der Waals surface area contributed by atoms with Crippen molar-refractivity contribution < 1.29 is 10.0 Å². The van der Waals surface area contributed by atoms with E-state index in [0.717, 1.165) is 48.2 Å². The molecule has 0 saturated carbocycles. The van der Waals surface area contributed by atoms with Gasteiger partial charge >= 0.3 is 6.03 Å². The Balaban J connectivity index is 1.64. The molecule has 1 aliphatic heterocycles. The average molecular weight is 352 g/mol. The molecule has 0 radical (unpaired) electrons. The number of carbonyl (C=O) groups excluding carboxylic acids is 1. The third-order valence-electron chi connectivity index (χ3n) is 4.74. The van der Waals surface area contributed by atoms with Gasteiger partial charge in [-0.2, -0.15) is 0 Å². The number of hydrogen-bond donors (Lipinski definition) is 2. The predicted octanol–water partition coefficient (Wildman–Crippen LogP) is 2.11. The lowest BCUT2D eigenvalue weighted by molar-refractivity contribution is -0.0403. The van der Waals surface area contributed by atoms with Crippen molar-refractivity contribution in [2.24, 2.45) is 10.7 Å². The van der Waals surface area contributed by atoms with Gasteiger partial charge in [0.05, 0.1) is 11.9 Å². The minimum absolute atomic E-state index is 0.269. The molecule has 3 rings (SSSR count). The number of benzene rings is 1. The molecule has 0 saturated heterocycles. The number of unbranched alkanes of at least 4 members (excludes halogenated alkanes) is 3. The minimum atomic E-state index is -0.808. The normalized spacial score (nSPS) is 17.9. The highest BCUT2D eigenvalue weighted by molar-refractivity contribution is 5.70. The Labute approximate surface area is 152 Å². The largest absolute Gasteiger partial charge is 0.350 e. The number of para-hydroxylation sites is 1. The summed E-state index contributed by atoms with van der Waals surface area (Å²) < 4.78 is 0. The summed E-state index contributed by atoms with van der Waals surface area (Å²) in [7, 11) is 0. The number of primary amides is 1. The molecular formula is C20H24N4O2. The quantitative estimate of drug-likeness (QED) is 0.433. The van der Waals surface area contributed by atoms with E-state index in [1.165, 1.54) is 0 Å². The van der Waals surface area contributed by atoms with Crippen LogP contribution in [-0.4, -0.2) is 27.8 Å². The third-order valence-corrected chi connectivity index (χ3v) is 4.74. The van der Waals surface area contributed by atoms with Gasteiger partial charge in [0.25, 0.3) is 0 Å². The fourth-order valence-corrected chi connectivity index (χ4v) is 3.37. The van der Waals surface area contributed by atoms with E-state index in [2.05, 4.69) is 23.2 Å². The summed E-state index contributed by atoms with van der Waals surface area (Å²) in [5.41, 5.74) is 5.73. The first-order chi connectivity index (χ1) is 12.6. The zero-order valence-electron chi connectivity index (χ0n) is 14.7. The number of aromatic nitrogens is 1. The molecular weight excluding hydrogens is 328 g/mol. The molecule has 6 nitrogen and oxygen atoms in total. The summed E-state index contributed by atoms with van der Waals surface area (Å²) >= 11 is 0. The molecule has 2 amide bonds. The molecule has 136 valence electrons. The summed E-state index contributed by atoms with van der Waals surface area (Å²) in [5.74, 6) is 0. The Bertz CT molecular complexity index is 832. The van der Waals surface area contributed by atoms with Gasteiger partial charge in [-0.3, -0.25) is 15.2 Å². The molecule has 1 aliphatic rings. The van der Waals surface area contributed by atoms with Crippen LogP contribution in [0.15, 0.2) is 53.8 Å². The van der Waals surface area contributed by atoms with Crippen LogP contribution in [0.4, 0.5) is 4.79 Å². The van der Waals surface area contributed by atoms with Crippen molar-refractivity contribution in [1.29, 1.82) is 0 Å². The second-order valence-corrected chi connectivity index (χ2v) is 6.61. The van der Waals surface area contributed by atoms with Gasteiger partial charge in [-0.05, 0) is 36.3 Å². The molecule has 0 fully saturated rings. The Morgan fingerprint density at radius 2 is 1.92 bits per heavy atom. The number of fused-ring (bicyclic) bond motifs is 1. The van der Waals surface area contributed by atoms with E-state index in [1.807, 2.05) is 30.5 Å². The lowest BCUT2D eigenvalue weighted by Crippen LogP contribution is -2.33. The van der Waals surface area contributed by atoms with E-state index in [9.17, 15) is 10.0 Å². The lowest BCUT2D eigenvalue weighted by Gasteiger charge is -2.24. The zero-order valence-corrected chi connectivity index (χ0v) is 14.7. The monoisotopic (exact) mass is 352 g/mol. The summed E-state index contributed by atoms with van der Waals surface area (Å²) in [4.78, 5) is 20.1. The molecule has 26 heavy (non-hydrogen) atoms. The number of rotatable bonds is 8. The van der Waals surface area contributed by atoms with Crippen LogP contribution in [0.1, 0.15) is 37.7 Å². The number of hydroxylamine groups is 2. The predicted molar refractivity (Wildman–Crippen MR) is 98.8 cm³/mol. The van der Waals surface area contributed by atoms with Crippen LogP contribution >= 0.6 is 0 Å². The fourth-order valence-electron chi connectivity index (χ4n) is 3.37. The second kappa shape index (κ2) is 8.10. The number of amides is 2. The van der Waals surface area contributed by atoms with Crippen LogP contribution in [0, 0.1) is 0 Å². The molecule has 1 unspecified atom stereocenters. The molecule has 1 aromatic carbocycles. The highest BCUT2D eigenvalue weighted by Crippen LogP contribution is 2.34. The van der Waals surface area contributed by atoms with Gasteiger partial charge in [0.2, 0.25) is 0 Å². The van der Waals surface area contributed by atoms with E-state index in [4.69, 9.17) is 10.7 Å². The standard InChI is InChI=1S/C20H24N4O2/c21-19(25)24(26)13-6-2-1-5-11-20(17-9-7-12-22-15-17)14-16-8-3-4-10-18(16)23-20/h3-4,7-10,12,14-15,26H,1-2,5-6,11,13H2,(H2,21,25). The first-order valence-corrected chi connectivity index (χ1v) is 8.95. The minimum Gasteiger partial charge on any atom is -0.350 e. The number of nitrogens with zero attached hydrogens (tertiary/aromatic N) is 3. The molecule has 3 N–H and O–H groups in total. The van der Waals surface area contributed by atoms with Gasteiger partial charge in [0.15, 0.2) is 0 Å². The topological polar surface area (TPSA) is 91.8 Å². The second-order valence-electron chi connectivity index (χ2n) is 6.61. The van der Waals surface area contributed by atoms with Crippen LogP contribution in [0.3, 0.4) is 0 Å². The molecule has 0 bridgehead atoms. The molecule has 0 spiro atoms. The van der Waals surface area contributed by atoms with E-state index < -0.39 is 6.03 Å². The molecule has 0 aliphatic carbocycles. The van der Waals surface area contributed by atoms with Crippen LogP contribution in [-0.2, 0) is 5.54 Å². The SMILES string of the molecule is NC(=O)N(O)CCCCCCC1(c2cccnc2)C=c2ccccc2=N1. The highest BCUT2D eigenvalue weighted by Gasteiger charge is 2.31. The van der Waals surface area contributed by atoms with Crippen molar-refractivity contribution in [1.82, 2.24) is 10.0 Å². The maximum Gasteiger partial charge on any atom is 0.338 e. The molecule has 1 atom stereocenters. The van der Waals surface area contributed by atoms with Crippen molar-refractivity contribution in [3.63, 3.8) is 0 Å². The number of urea groups is 1. The van der Waals surface area contributed by atoms with E-state index in [0.29, 0.717) is 5.06 Å². The lowest BCUT2D eigenvalue weighted by atomic mass is 9.86. The van der Waals surface area contributed by atoms with Crippen LogP contribution in [0.25, 0.3) is 6.08 Å². The van der Waals surface area contributed by atoms with Crippen LogP contribution in [0.2, 0.25) is 0 Å². The average Bonchev–Trinajstić information content (AvgIpc) is 3.04. The van der Waals surface area contributed by atoms with Gasteiger partial charge in [0, 0.05) is 18.0 Å². The summed E-state index contributed by atoms with van der Waals surface area (Å²) in [6, 6.07) is 11.4. The van der Waals surface area contributed by atoms with Crippen molar-refractivity contribution in [3.05, 3.63) is 64.9 Å². The Hall–Kier alpha value is -2.73. The summed E-state index contributed by atoms with van der Waals surface area (Å²) in [6.45, 7) is 0.269. The van der Waals surface area contributed by atoms with Gasteiger partial charge in [-0.25, -0.2) is 9.86 Å². The van der Waals surface area contributed by atoms with Crippen molar-refractivity contribution in [2.45, 2.75) is 37.6 Å². The number of nitrogens with two attached hydrogens (primary N) is 1. The molecule has 1 aromatic heterocycles. The van der Waals surface area contributed by atoms with Gasteiger partial charge < -0.3 is 5.73 Å². The number of hydrogen-bond acceptors (Lipinski definition) is 4. The van der Waals surface area contributed by atoms with Crippen molar-refractivity contribution in [3.8, 4) is 0 Å². The Morgan fingerprint density at radius 3 is 2.65 bits per heavy atom. The Morgan fingerprint density at radius 1 is 1.12 bits per heavy atom. The number of carbonyl (C=O) groups is 1. The van der Waals surface area contributed by atoms with Gasteiger partial charge in [-0.1, -0.05) is 43.5 Å². The van der Waals surface area contributed by atoms with Gasteiger partial charge in [-0.15, -0.1) is 0 Å². The third kappa shape index (κ3) is 4.08. The maximum absolute atomic E-state index is 10.8. The van der Waals surface area contributed by atoms with Crippen molar-refractivity contribution in [2.75, 3.05) is 6.54 Å². The zero-order chi connectivity index (χ0) is 18.4. The van der Waals surface area contributed by atoms with Crippen molar-refractivity contribution >= 4 is 12.1 Å². The fraction of sp³-hybridized carbons (Fsp3) is 0.350. The first kappa shape index (κ1) is 18.1. The molecule has 6 heteroatoms. The number of pyridine rings is 1. The summed E-state index contributed by atoms with van der Waals surface area (Å²) in [5, 5.41) is 12.0. The maximum atomic E-state index is 10.8. The highest BCUT2D eigenvalue weighted by atomic mass is 16.5. The van der Waals surface area contributed by atoms with E-state index in [1.54, 1.807) is 6.20 Å². The summed E-state index contributed by atoms with van der Waals surface area (Å²) in [6.07, 6.45) is 10.4.